The Labute approximate surface area is 93.6 Å². The van der Waals surface area contributed by atoms with E-state index >= 15 is 0 Å². The summed E-state index contributed by atoms with van der Waals surface area (Å²) >= 11 is 0. The first-order valence-corrected chi connectivity index (χ1v) is 4.30. The van der Waals surface area contributed by atoms with Crippen LogP contribution in [0.5, 0.6) is 5.75 Å². The van der Waals surface area contributed by atoms with Crippen molar-refractivity contribution in [2.24, 2.45) is 0 Å². The molecule has 0 aliphatic rings. The van der Waals surface area contributed by atoms with Crippen molar-refractivity contribution < 1.29 is 28.3 Å². The summed E-state index contributed by atoms with van der Waals surface area (Å²) in [6.45, 7) is -1.95. The highest BCUT2D eigenvalue weighted by Gasteiger charge is 2.22. The van der Waals surface area contributed by atoms with Crippen molar-refractivity contribution in [3.8, 4) is 5.75 Å². The van der Waals surface area contributed by atoms with Crippen LogP contribution in [-0.4, -0.2) is 22.6 Å². The molecule has 92 valence electrons. The second kappa shape index (κ2) is 4.73. The van der Waals surface area contributed by atoms with Crippen LogP contribution < -0.4 is 4.74 Å². The van der Waals surface area contributed by atoms with E-state index in [1.807, 2.05) is 0 Å². The highest BCUT2D eigenvalue weighted by Crippen LogP contribution is 2.30. The number of non-ortho nitro benzene ring substituents is 1. The predicted octanol–water partition coefficient (Wildman–Crippen LogP) is 2.20. The molecule has 0 fully saturated rings. The molecule has 1 aromatic carbocycles. The minimum atomic E-state index is -3.20. The molecule has 8 heteroatoms. The van der Waals surface area contributed by atoms with Crippen molar-refractivity contribution in [2.75, 3.05) is 0 Å². The maximum absolute atomic E-state index is 12.1. The van der Waals surface area contributed by atoms with E-state index in [0.29, 0.717) is 6.07 Å². The van der Waals surface area contributed by atoms with Crippen molar-refractivity contribution in [3.05, 3.63) is 33.4 Å². The summed E-state index contributed by atoms with van der Waals surface area (Å²) < 4.78 is 28.1. The van der Waals surface area contributed by atoms with Crippen molar-refractivity contribution in [1.82, 2.24) is 0 Å². The van der Waals surface area contributed by atoms with E-state index in [2.05, 4.69) is 4.74 Å². The first-order valence-electron chi connectivity index (χ1n) is 4.30. The average molecular weight is 247 g/mol. The third kappa shape index (κ3) is 2.86. The zero-order valence-electron chi connectivity index (χ0n) is 8.52. The molecular formula is C9H7F2NO5. The Kier molecular flexibility index (Phi) is 3.56. The van der Waals surface area contributed by atoms with Crippen molar-refractivity contribution in [2.45, 2.75) is 13.5 Å². The Hall–Kier alpha value is -2.25. The van der Waals surface area contributed by atoms with Crippen LogP contribution in [0.3, 0.4) is 0 Å². The minimum absolute atomic E-state index is 0.0445. The van der Waals surface area contributed by atoms with Crippen LogP contribution in [0.4, 0.5) is 14.5 Å². The van der Waals surface area contributed by atoms with Gasteiger partial charge in [0.2, 0.25) is 0 Å². The first kappa shape index (κ1) is 12.8. The molecule has 6 nitrogen and oxygen atoms in total. The molecule has 0 radical (unpaired) electrons. The van der Waals surface area contributed by atoms with Crippen molar-refractivity contribution in [1.29, 1.82) is 0 Å². The molecule has 0 aliphatic heterocycles. The molecular weight excluding hydrogens is 240 g/mol. The number of ether oxygens (including phenoxy) is 1. The molecule has 0 heterocycles. The zero-order chi connectivity index (χ0) is 13.2. The van der Waals surface area contributed by atoms with Crippen LogP contribution in [0, 0.1) is 17.0 Å². The maximum atomic E-state index is 12.1. The summed E-state index contributed by atoms with van der Waals surface area (Å²) in [4.78, 5) is 20.5. The molecule has 0 amide bonds. The highest BCUT2D eigenvalue weighted by molar-refractivity contribution is 5.92. The van der Waals surface area contributed by atoms with Gasteiger partial charge in [-0.25, -0.2) is 4.79 Å². The number of hydrogen-bond acceptors (Lipinski definition) is 4. The number of aromatic carboxylic acids is 1. The zero-order valence-corrected chi connectivity index (χ0v) is 8.52. The number of rotatable bonds is 4. The molecule has 0 atom stereocenters. The monoisotopic (exact) mass is 247 g/mol. The third-order valence-electron chi connectivity index (χ3n) is 1.91. The van der Waals surface area contributed by atoms with Gasteiger partial charge in [-0.05, 0) is 12.5 Å². The molecule has 0 aliphatic carbocycles. The average Bonchev–Trinajstić information content (AvgIpc) is 2.19. The lowest BCUT2D eigenvalue weighted by Gasteiger charge is -2.10. The molecule has 0 aromatic heterocycles. The van der Waals surface area contributed by atoms with Gasteiger partial charge in [-0.15, -0.1) is 0 Å². The van der Waals surface area contributed by atoms with Gasteiger partial charge in [0.15, 0.2) is 0 Å². The Morgan fingerprint density at radius 1 is 1.53 bits per heavy atom. The number of alkyl halides is 2. The number of halogens is 2. The Morgan fingerprint density at radius 3 is 2.53 bits per heavy atom. The largest absolute Gasteiger partial charge is 0.478 e. The van der Waals surface area contributed by atoms with Gasteiger partial charge in [-0.3, -0.25) is 10.1 Å². The fourth-order valence-corrected chi connectivity index (χ4v) is 1.26. The van der Waals surface area contributed by atoms with Gasteiger partial charge in [0, 0.05) is 12.1 Å². The van der Waals surface area contributed by atoms with Gasteiger partial charge in [0.05, 0.1) is 4.92 Å². The van der Waals surface area contributed by atoms with Gasteiger partial charge in [-0.1, -0.05) is 0 Å². The van der Waals surface area contributed by atoms with E-state index < -0.39 is 34.5 Å². The molecule has 0 bridgehead atoms. The highest BCUT2D eigenvalue weighted by atomic mass is 19.3. The first-order chi connectivity index (χ1) is 7.82. The number of carboxylic acids is 1. The lowest BCUT2D eigenvalue weighted by Crippen LogP contribution is -2.09. The quantitative estimate of drug-likeness (QED) is 0.650. The fraction of sp³-hybridized carbons (Fsp3) is 0.222. The second-order valence-corrected chi connectivity index (χ2v) is 3.08. The summed E-state index contributed by atoms with van der Waals surface area (Å²) in [5, 5.41) is 19.2. The van der Waals surface area contributed by atoms with E-state index in [0.717, 1.165) is 6.07 Å². The third-order valence-corrected chi connectivity index (χ3v) is 1.91. The molecule has 1 N–H and O–H groups in total. The lowest BCUT2D eigenvalue weighted by molar-refractivity contribution is -0.385. The summed E-state index contributed by atoms with van der Waals surface area (Å²) in [6.07, 6.45) is 0. The number of carbonyl (C=O) groups is 1. The van der Waals surface area contributed by atoms with Crippen LogP contribution >= 0.6 is 0 Å². The molecule has 17 heavy (non-hydrogen) atoms. The summed E-state index contributed by atoms with van der Waals surface area (Å²) in [5.74, 6) is -2.15. The minimum Gasteiger partial charge on any atom is -0.478 e. The Bertz CT molecular complexity index is 475. The van der Waals surface area contributed by atoms with Gasteiger partial charge in [-0.2, -0.15) is 8.78 Å². The lowest BCUT2D eigenvalue weighted by atomic mass is 10.1. The number of nitro benzene ring substituents is 1. The van der Waals surface area contributed by atoms with Gasteiger partial charge >= 0.3 is 12.6 Å². The number of carboxylic acid groups (broad SMARTS) is 1. The number of nitro groups is 1. The maximum Gasteiger partial charge on any atom is 0.387 e. The molecule has 1 rings (SSSR count). The van der Waals surface area contributed by atoms with Gasteiger partial charge in [0.25, 0.3) is 5.69 Å². The van der Waals surface area contributed by atoms with Crippen molar-refractivity contribution >= 4 is 11.7 Å². The second-order valence-electron chi connectivity index (χ2n) is 3.08. The van der Waals surface area contributed by atoms with E-state index in [9.17, 15) is 23.7 Å². The smallest absolute Gasteiger partial charge is 0.387 e. The van der Waals surface area contributed by atoms with Crippen LogP contribution in [0.1, 0.15) is 15.9 Å². The molecule has 0 saturated heterocycles. The van der Waals surface area contributed by atoms with Crippen LogP contribution in [-0.2, 0) is 0 Å². The fourth-order valence-electron chi connectivity index (χ4n) is 1.26. The van der Waals surface area contributed by atoms with Gasteiger partial charge in [0.1, 0.15) is 11.3 Å². The van der Waals surface area contributed by atoms with E-state index in [1.165, 1.54) is 6.92 Å². The summed E-state index contributed by atoms with van der Waals surface area (Å²) in [7, 11) is 0. The van der Waals surface area contributed by atoms with Crippen molar-refractivity contribution in [3.63, 3.8) is 0 Å². The van der Waals surface area contributed by atoms with E-state index in [1.54, 1.807) is 0 Å². The summed E-state index contributed by atoms with van der Waals surface area (Å²) in [5.41, 5.74) is -1.21. The van der Waals surface area contributed by atoms with Crippen LogP contribution in [0.2, 0.25) is 0 Å². The molecule has 0 spiro atoms. The number of nitrogens with zero attached hydrogens (tertiary/aromatic N) is 1. The van der Waals surface area contributed by atoms with Crippen LogP contribution in [0.15, 0.2) is 12.1 Å². The number of benzene rings is 1. The topological polar surface area (TPSA) is 89.7 Å². The van der Waals surface area contributed by atoms with E-state index in [4.69, 9.17) is 5.11 Å². The summed E-state index contributed by atoms with van der Waals surface area (Å²) in [6, 6.07) is 1.64. The Morgan fingerprint density at radius 2 is 2.12 bits per heavy atom. The molecule has 1 aromatic rings. The molecule has 0 saturated carbocycles. The van der Waals surface area contributed by atoms with E-state index in [-0.39, 0.29) is 5.56 Å². The normalized spacial score (nSPS) is 10.4. The number of aryl methyl sites for hydroxylation is 1. The Balaban J connectivity index is 3.38. The predicted molar refractivity (Wildman–Crippen MR) is 51.4 cm³/mol. The van der Waals surface area contributed by atoms with Gasteiger partial charge < -0.3 is 9.84 Å². The SMILES string of the molecule is Cc1cc([N+](=O)[O-])cc(C(=O)O)c1OC(F)F. The molecule has 0 unspecified atom stereocenters. The number of hydrogen-bond donors (Lipinski definition) is 1. The van der Waals surface area contributed by atoms with Crippen LogP contribution in [0.25, 0.3) is 0 Å². The standard InChI is InChI=1S/C9H7F2NO5/c1-4-2-5(12(15)16)3-6(8(13)14)7(4)17-9(10)11/h2-3,9H,1H3,(H,13,14).